The molecule has 7 aliphatic carbocycles. The third kappa shape index (κ3) is 22.7. The second kappa shape index (κ2) is 44.4. The predicted octanol–water partition coefficient (Wildman–Crippen LogP) is 15.1. The molecule has 12 aliphatic rings. The number of fused-ring (bicyclic) bond motifs is 4. The minimum Gasteiger partial charge on any atom is -0.495 e. The Bertz CT molecular complexity index is 5920. The van der Waals surface area contributed by atoms with Crippen LogP contribution in [0.25, 0.3) is 0 Å². The van der Waals surface area contributed by atoms with Gasteiger partial charge in [-0.25, -0.2) is 19.9 Å². The standard InChI is InChI=1S/C27H36N6O4.C27H36N6O3.C26H34N6O3.C25H32N6O3/c1-27(2)16-33(19-7-5-6-8-19)23-21(32(3)25(27)35)14-28-26(31-23)30-20-10-9-17(13-22(20)36-4)24(34)29-18-11-12-37-15-18;1-17-16-33(20-10-6-7-11-20)24-22(32(2)26(17)35)15-28-27(31-24)30-21-13-12-18(14-23(21)36-3)25(34)29-19-8-4-5-9-19;1-16-15-32(19-9-4-5-10-19)23-21(31(2)25(16)34)14-27-26(30-23)29-20-12-11-17(13-22(20)35-3)24(33)28-18-7-6-8-18;1-15-14-31(18-6-4-5-7-18)22-20(30(2)24(15)33)13-26-25(29-22)28-19-11-8-16(12-21(19)34-3)23(32)27-17-9-10-17/h9-10,13-14,18-19H,5-8,11-12,15-16H2,1-4H3,(H,29,34)(H,28,30,31);12-15,17,19-20H,4-11,16H2,1-3H3,(H,29,34)(H,28,30,31);11-14,16,18-19H,4-10,15H2,1-3H3,(H,28,33)(H,27,29,30);8,11-13,15,17-18H,4-7,9-10,14H2,1-3H3,(H,27,32)(H,26,28,29)/t18-;17-;16-;15-/m1111/s1. The summed E-state index contributed by atoms with van der Waals surface area (Å²) in [7, 11) is 13.5. The van der Waals surface area contributed by atoms with Gasteiger partial charge in [0.05, 0.1) is 112 Å². The fraction of sp³-hybridized carbons (Fsp3) is 0.543. The maximum absolute atomic E-state index is 13.2. The molecule has 1 saturated heterocycles. The van der Waals surface area contributed by atoms with E-state index in [4.69, 9.17) is 43.6 Å². The third-order valence-electron chi connectivity index (χ3n) is 29.9. The van der Waals surface area contributed by atoms with Crippen LogP contribution in [0.2, 0.25) is 0 Å². The van der Waals surface area contributed by atoms with Gasteiger partial charge in [0.15, 0.2) is 23.3 Å². The van der Waals surface area contributed by atoms with E-state index in [2.05, 4.69) is 82.1 Å². The van der Waals surface area contributed by atoms with Gasteiger partial charge >= 0.3 is 0 Å². The smallest absolute Gasteiger partial charge is 0.251 e. The van der Waals surface area contributed by atoms with Gasteiger partial charge in [-0.2, -0.15) is 19.9 Å². The van der Waals surface area contributed by atoms with Crippen molar-refractivity contribution < 1.29 is 62.0 Å². The molecule has 8 amide bonds. The molecule has 7 saturated carbocycles. The number of ether oxygens (including phenoxy) is 5. The van der Waals surface area contributed by atoms with Gasteiger partial charge in [-0.1, -0.05) is 85.0 Å². The molecule has 37 nitrogen and oxygen atoms in total. The largest absolute Gasteiger partial charge is 0.495 e. The number of hydrogen-bond donors (Lipinski definition) is 8. The van der Waals surface area contributed by atoms with Gasteiger partial charge in [-0.05, 0) is 189 Å². The van der Waals surface area contributed by atoms with Crippen LogP contribution < -0.4 is 101 Å². The Morgan fingerprint density at radius 1 is 0.345 bits per heavy atom. The van der Waals surface area contributed by atoms with Crippen molar-refractivity contribution >= 4 is 140 Å². The number of nitrogens with zero attached hydrogens (tertiary/aromatic N) is 16. The Morgan fingerprint density at radius 2 is 0.613 bits per heavy atom. The summed E-state index contributed by atoms with van der Waals surface area (Å²) in [5.74, 6) is 6.41. The van der Waals surface area contributed by atoms with Crippen LogP contribution in [0.1, 0.15) is 243 Å². The van der Waals surface area contributed by atoms with E-state index in [1.165, 1.54) is 70.6 Å². The number of carbonyl (C=O) groups is 8. The van der Waals surface area contributed by atoms with Gasteiger partial charge in [0, 0.05) is 126 Å². The highest BCUT2D eigenvalue weighted by atomic mass is 16.5. The lowest BCUT2D eigenvalue weighted by Crippen LogP contribution is -2.45. The molecule has 8 aromatic rings. The Hall–Kier alpha value is -13.5. The van der Waals surface area contributed by atoms with Gasteiger partial charge in [0.2, 0.25) is 47.4 Å². The van der Waals surface area contributed by atoms with Crippen molar-refractivity contribution in [1.29, 1.82) is 0 Å². The summed E-state index contributed by atoms with van der Waals surface area (Å²) in [5, 5.41) is 25.2. The molecule has 142 heavy (non-hydrogen) atoms. The molecule has 9 heterocycles. The number of anilines is 16. The molecule has 0 radical (unpaired) electrons. The minimum absolute atomic E-state index is 0.0297. The third-order valence-corrected chi connectivity index (χ3v) is 29.9. The molecule has 8 N–H and O–H groups in total. The zero-order valence-corrected chi connectivity index (χ0v) is 84.2. The van der Waals surface area contributed by atoms with Crippen molar-refractivity contribution in [2.24, 2.45) is 23.2 Å². The summed E-state index contributed by atoms with van der Waals surface area (Å²) in [6, 6.07) is 23.6. The number of nitrogens with one attached hydrogen (secondary N) is 8. The maximum Gasteiger partial charge on any atom is 0.251 e. The van der Waals surface area contributed by atoms with Crippen LogP contribution in [-0.2, 0) is 23.9 Å². The van der Waals surface area contributed by atoms with E-state index < -0.39 is 5.41 Å². The second-order valence-electron chi connectivity index (χ2n) is 40.6. The minimum atomic E-state index is -0.546. The number of aromatic nitrogens is 8. The number of amides is 8. The molecule has 756 valence electrons. The van der Waals surface area contributed by atoms with E-state index in [1.807, 2.05) is 52.8 Å². The molecule has 4 aromatic carbocycles. The number of rotatable bonds is 24. The Morgan fingerprint density at radius 3 is 0.887 bits per heavy atom. The SMILES string of the molecule is COc1cc(C(=O)NC2CC2)ccc1Nc1ncc2c(n1)N(C1CCCC1)C[C@@H](C)C(=O)N2C.COc1cc(C(=O)NC2CCC2)ccc1Nc1ncc2c(n1)N(C1CCCC1)C[C@@H](C)C(=O)N2C.COc1cc(C(=O)NC2CCCC2)ccc1Nc1ncc2c(n1)N(C1CCCC1)C[C@@H](C)C(=O)N2C.COc1cc(C(=O)N[C@@H]2CCOC2)ccc1Nc1ncc2c(n1)N(C1CCCC1)CC(C)(C)C(=O)N2C. The van der Waals surface area contributed by atoms with Crippen LogP contribution in [0.5, 0.6) is 23.0 Å². The first-order valence-corrected chi connectivity index (χ1v) is 50.9. The van der Waals surface area contributed by atoms with Crippen LogP contribution in [-0.4, -0.2) is 231 Å². The van der Waals surface area contributed by atoms with Crippen LogP contribution in [0.15, 0.2) is 97.6 Å². The second-order valence-corrected chi connectivity index (χ2v) is 40.6. The summed E-state index contributed by atoms with van der Waals surface area (Å²) in [4.78, 5) is 156. The zero-order chi connectivity index (χ0) is 99.7. The first kappa shape index (κ1) is 100. The van der Waals surface area contributed by atoms with Crippen molar-refractivity contribution in [2.45, 2.75) is 250 Å². The lowest BCUT2D eigenvalue weighted by atomic mass is 9.91. The van der Waals surface area contributed by atoms with E-state index in [0.717, 1.165) is 137 Å². The van der Waals surface area contributed by atoms with Gasteiger partial charge in [-0.3, -0.25) is 38.4 Å². The summed E-state index contributed by atoms with van der Waals surface area (Å²) >= 11 is 0. The molecule has 8 fully saturated rings. The highest BCUT2D eigenvalue weighted by molar-refractivity contribution is 6.04. The number of hydrogen-bond acceptors (Lipinski definition) is 29. The Labute approximate surface area is 831 Å². The number of methoxy groups -OCH3 is 4. The zero-order valence-electron chi connectivity index (χ0n) is 84.2. The topological polar surface area (TPSA) is 408 Å². The highest BCUT2D eigenvalue weighted by Gasteiger charge is 2.44. The fourth-order valence-corrected chi connectivity index (χ4v) is 21.3. The average molecular weight is 1940 g/mol. The van der Waals surface area contributed by atoms with E-state index in [-0.39, 0.29) is 83.1 Å². The molecule has 4 atom stereocenters. The molecular weight excluding hydrogens is 1810 g/mol. The number of benzene rings is 4. The van der Waals surface area contributed by atoms with E-state index >= 15 is 0 Å². The first-order chi connectivity index (χ1) is 68.6. The summed E-state index contributed by atoms with van der Waals surface area (Å²) in [6.45, 7) is 13.7. The monoisotopic (exact) mass is 1940 g/mol. The van der Waals surface area contributed by atoms with Gasteiger partial charge in [-0.15, -0.1) is 0 Å². The van der Waals surface area contributed by atoms with E-state index in [1.54, 1.807) is 156 Å². The van der Waals surface area contributed by atoms with Crippen molar-refractivity contribution in [3.8, 4) is 23.0 Å². The van der Waals surface area contributed by atoms with Gasteiger partial charge in [0.1, 0.15) is 45.7 Å². The van der Waals surface area contributed by atoms with Crippen molar-refractivity contribution in [3.63, 3.8) is 0 Å². The van der Waals surface area contributed by atoms with Crippen molar-refractivity contribution in [2.75, 3.05) is 156 Å². The van der Waals surface area contributed by atoms with Crippen molar-refractivity contribution in [3.05, 3.63) is 120 Å². The molecule has 4 aromatic heterocycles. The predicted molar refractivity (Wildman–Crippen MR) is 549 cm³/mol. The number of carbonyl (C=O) groups excluding carboxylic acids is 8. The molecule has 0 unspecified atom stereocenters. The Balaban J connectivity index is 0.000000130. The molecule has 0 spiro atoms. The highest BCUT2D eigenvalue weighted by Crippen LogP contribution is 2.46. The first-order valence-electron chi connectivity index (χ1n) is 50.9. The van der Waals surface area contributed by atoms with Crippen LogP contribution in [0.4, 0.5) is 92.6 Å². The van der Waals surface area contributed by atoms with E-state index in [9.17, 15) is 38.4 Å². The lowest BCUT2D eigenvalue weighted by Gasteiger charge is -2.34. The lowest BCUT2D eigenvalue weighted by molar-refractivity contribution is -0.126. The maximum atomic E-state index is 13.2. The quantitative estimate of drug-likeness (QED) is 0.0278. The Kier molecular flexibility index (Phi) is 31.3. The van der Waals surface area contributed by atoms with Crippen molar-refractivity contribution in [1.82, 2.24) is 61.1 Å². The average Bonchev–Trinajstić information content (AvgIpc) is 1.62. The van der Waals surface area contributed by atoms with Crippen LogP contribution >= 0.6 is 0 Å². The van der Waals surface area contributed by atoms with E-state index in [0.29, 0.717) is 167 Å². The van der Waals surface area contributed by atoms with Crippen LogP contribution in [0, 0.1) is 23.2 Å². The van der Waals surface area contributed by atoms with Gasteiger partial charge in [0.25, 0.3) is 23.6 Å². The summed E-state index contributed by atoms with van der Waals surface area (Å²) < 4.78 is 27.7. The molecular formula is C105H138N24O13. The normalized spacial score (nSPS) is 21.0. The summed E-state index contributed by atoms with van der Waals surface area (Å²) in [5.41, 5.74) is 7.20. The molecule has 5 aliphatic heterocycles. The molecule has 37 heteroatoms. The van der Waals surface area contributed by atoms with Crippen LogP contribution in [0.3, 0.4) is 0 Å². The molecule has 20 rings (SSSR count). The summed E-state index contributed by atoms with van der Waals surface area (Å²) in [6.07, 6.45) is 35.8. The fourth-order valence-electron chi connectivity index (χ4n) is 21.3. The van der Waals surface area contributed by atoms with Gasteiger partial charge < -0.3 is 105 Å². The molecule has 0 bridgehead atoms.